The molecule has 4 aromatic carbocycles. The van der Waals surface area contributed by atoms with Crippen molar-refractivity contribution in [3.8, 4) is 34.1 Å². The number of ether oxygens (including phenoxy) is 1. The molecule has 0 spiro atoms. The van der Waals surface area contributed by atoms with E-state index in [1.54, 1.807) is 0 Å². The van der Waals surface area contributed by atoms with Gasteiger partial charge in [-0.3, -0.25) is 4.57 Å². The Morgan fingerprint density at radius 2 is 1.47 bits per heavy atom. The van der Waals surface area contributed by atoms with Gasteiger partial charge in [0, 0.05) is 40.4 Å². The Morgan fingerprint density at radius 1 is 0.714 bits per heavy atom. The maximum atomic E-state index is 6.75. The van der Waals surface area contributed by atoms with Crippen LogP contribution in [0.25, 0.3) is 44.4 Å². The minimum atomic E-state index is 0.317. The molecule has 7 rings (SSSR count). The molecule has 0 saturated heterocycles. The number of hydrogen-bond acceptors (Lipinski definition) is 3. The molecule has 5 heteroatoms. The van der Waals surface area contributed by atoms with E-state index < -0.39 is 0 Å². The average Bonchev–Trinajstić information content (AvgIpc) is 3.60. The van der Waals surface area contributed by atoms with Crippen LogP contribution in [0.3, 0.4) is 0 Å². The molecule has 0 fully saturated rings. The van der Waals surface area contributed by atoms with Gasteiger partial charge in [0.05, 0.1) is 22.4 Å². The van der Waals surface area contributed by atoms with Crippen molar-refractivity contribution in [2.24, 2.45) is 0 Å². The summed E-state index contributed by atoms with van der Waals surface area (Å²) in [6, 6.07) is 32.5. The third-order valence-corrected chi connectivity index (χ3v) is 9.82. The lowest BCUT2D eigenvalue weighted by Gasteiger charge is -2.16. The molecule has 0 amide bonds. The summed E-state index contributed by atoms with van der Waals surface area (Å²) in [5.74, 6) is 2.82. The minimum Gasteiger partial charge on any atom is -0.457 e. The van der Waals surface area contributed by atoms with E-state index in [1.807, 2.05) is 6.20 Å². The Morgan fingerprint density at radius 3 is 2.20 bits per heavy atom. The van der Waals surface area contributed by atoms with Crippen molar-refractivity contribution < 1.29 is 4.74 Å². The van der Waals surface area contributed by atoms with E-state index in [4.69, 9.17) is 14.8 Å². The van der Waals surface area contributed by atoms with Gasteiger partial charge < -0.3 is 4.74 Å². The predicted molar refractivity (Wildman–Crippen MR) is 204 cm³/mol. The van der Waals surface area contributed by atoms with Crippen molar-refractivity contribution in [1.29, 1.82) is 0 Å². The molecule has 7 aromatic rings. The highest BCUT2D eigenvalue weighted by Gasteiger charge is 2.21. The number of pyridine rings is 1. The SMILES string of the molecule is CCCc1ccnc(-n2c3ccccc3c3ccc(Oc4cc(C(C)C)cc(-n5nc(C)c(-c6c(CC)cccc6CC)c5C)c4)cc32)c1. The normalized spacial score (nSPS) is 11.7. The van der Waals surface area contributed by atoms with Crippen molar-refractivity contribution in [2.75, 3.05) is 0 Å². The van der Waals surface area contributed by atoms with Crippen LogP contribution < -0.4 is 4.74 Å². The number of para-hydroxylation sites is 1. The van der Waals surface area contributed by atoms with Crippen LogP contribution in [0.4, 0.5) is 0 Å². The van der Waals surface area contributed by atoms with Gasteiger partial charge >= 0.3 is 0 Å². The third-order valence-electron chi connectivity index (χ3n) is 9.82. The highest BCUT2D eigenvalue weighted by atomic mass is 16.5. The van der Waals surface area contributed by atoms with Gasteiger partial charge in [-0.2, -0.15) is 5.10 Å². The zero-order valence-electron chi connectivity index (χ0n) is 29.8. The van der Waals surface area contributed by atoms with E-state index in [-0.39, 0.29) is 0 Å². The lowest BCUT2D eigenvalue weighted by Crippen LogP contribution is -2.02. The van der Waals surface area contributed by atoms with Crippen molar-refractivity contribution in [2.45, 2.75) is 80.1 Å². The summed E-state index contributed by atoms with van der Waals surface area (Å²) in [5, 5.41) is 7.52. The summed E-state index contributed by atoms with van der Waals surface area (Å²) in [6.07, 6.45) is 6.01. The van der Waals surface area contributed by atoms with Crippen LogP contribution in [0.5, 0.6) is 11.5 Å². The van der Waals surface area contributed by atoms with Gasteiger partial charge in [-0.1, -0.05) is 77.4 Å². The Bertz CT molecular complexity index is 2280. The number of nitrogens with zero attached hydrogens (tertiary/aromatic N) is 4. The predicted octanol–water partition coefficient (Wildman–Crippen LogP) is 11.6. The van der Waals surface area contributed by atoms with Crippen molar-refractivity contribution in [1.82, 2.24) is 19.3 Å². The fourth-order valence-corrected chi connectivity index (χ4v) is 7.36. The topological polar surface area (TPSA) is 44.9 Å². The molecule has 248 valence electrons. The fraction of sp³-hybridized carbons (Fsp3) is 0.273. The largest absolute Gasteiger partial charge is 0.457 e. The number of aromatic nitrogens is 4. The van der Waals surface area contributed by atoms with E-state index >= 15 is 0 Å². The molecule has 0 unspecified atom stereocenters. The molecule has 0 N–H and O–H groups in total. The summed E-state index contributed by atoms with van der Waals surface area (Å²) in [6.45, 7) is 15.5. The quantitative estimate of drug-likeness (QED) is 0.149. The summed E-state index contributed by atoms with van der Waals surface area (Å²) in [4.78, 5) is 4.83. The van der Waals surface area contributed by atoms with Crippen LogP contribution in [0.15, 0.2) is 97.2 Å². The van der Waals surface area contributed by atoms with Gasteiger partial charge in [0.25, 0.3) is 0 Å². The van der Waals surface area contributed by atoms with E-state index in [0.29, 0.717) is 5.92 Å². The zero-order valence-corrected chi connectivity index (χ0v) is 29.8. The molecule has 0 radical (unpaired) electrons. The smallest absolute Gasteiger partial charge is 0.137 e. The van der Waals surface area contributed by atoms with Crippen molar-refractivity contribution >= 4 is 21.8 Å². The first-order chi connectivity index (χ1) is 23.8. The lowest BCUT2D eigenvalue weighted by molar-refractivity contribution is 0.481. The number of hydrogen-bond donors (Lipinski definition) is 0. The molecule has 0 saturated carbocycles. The molecule has 0 aliphatic rings. The Kier molecular flexibility index (Phi) is 8.85. The van der Waals surface area contributed by atoms with Gasteiger partial charge in [0.15, 0.2) is 0 Å². The zero-order chi connectivity index (χ0) is 34.2. The number of benzene rings is 4. The molecule has 3 aromatic heterocycles. The van der Waals surface area contributed by atoms with Gasteiger partial charge in [-0.15, -0.1) is 0 Å². The first-order valence-electron chi connectivity index (χ1n) is 17.8. The van der Waals surface area contributed by atoms with Crippen molar-refractivity contribution in [3.63, 3.8) is 0 Å². The van der Waals surface area contributed by atoms with Crippen LogP contribution in [-0.4, -0.2) is 19.3 Å². The minimum absolute atomic E-state index is 0.317. The number of fused-ring (bicyclic) bond motifs is 3. The molecule has 0 aliphatic heterocycles. The Labute approximate surface area is 290 Å². The van der Waals surface area contributed by atoms with Crippen LogP contribution in [0.1, 0.15) is 80.6 Å². The lowest BCUT2D eigenvalue weighted by atomic mass is 9.91. The molecule has 49 heavy (non-hydrogen) atoms. The third kappa shape index (κ3) is 5.92. The highest BCUT2D eigenvalue weighted by molar-refractivity contribution is 6.09. The molecule has 0 aliphatic carbocycles. The van der Waals surface area contributed by atoms with Gasteiger partial charge in [0.2, 0.25) is 0 Å². The first kappa shape index (κ1) is 32.4. The second-order valence-electron chi connectivity index (χ2n) is 13.4. The maximum Gasteiger partial charge on any atom is 0.137 e. The summed E-state index contributed by atoms with van der Waals surface area (Å²) in [7, 11) is 0. The standard InChI is InChI=1S/C44H46N4O/c1-8-14-31-21-22-45-42(23-31)47-40-18-12-11-17-38(40)39-20-19-36(27-41(39)47)49-37-25-34(28(4)5)24-35(26-37)48-30(7)43(29(6)46-48)44-32(9-2)15-13-16-33(44)10-3/h11-13,15-28H,8-10,14H2,1-7H3. The summed E-state index contributed by atoms with van der Waals surface area (Å²) < 4.78 is 11.1. The molecule has 3 heterocycles. The summed E-state index contributed by atoms with van der Waals surface area (Å²) in [5.41, 5.74) is 13.2. The van der Waals surface area contributed by atoms with Gasteiger partial charge in [-0.05, 0) is 109 Å². The molecular formula is C44H46N4O. The Balaban J connectivity index is 1.33. The van der Waals surface area contributed by atoms with Crippen LogP contribution in [0.2, 0.25) is 0 Å². The first-order valence-corrected chi connectivity index (χ1v) is 17.8. The van der Waals surface area contributed by atoms with Gasteiger partial charge in [0.1, 0.15) is 17.3 Å². The fourth-order valence-electron chi connectivity index (χ4n) is 7.36. The van der Waals surface area contributed by atoms with E-state index in [2.05, 4.69) is 149 Å². The summed E-state index contributed by atoms with van der Waals surface area (Å²) >= 11 is 0. The Hall–Kier alpha value is -5.16. The van der Waals surface area contributed by atoms with E-state index in [1.165, 1.54) is 44.2 Å². The molecule has 0 atom stereocenters. The monoisotopic (exact) mass is 646 g/mol. The van der Waals surface area contributed by atoms with Crippen molar-refractivity contribution in [3.05, 3.63) is 131 Å². The average molecular weight is 647 g/mol. The number of aryl methyl sites for hydroxylation is 4. The second kappa shape index (κ2) is 13.4. The van der Waals surface area contributed by atoms with Gasteiger partial charge in [-0.25, -0.2) is 9.67 Å². The highest BCUT2D eigenvalue weighted by Crippen LogP contribution is 2.38. The van der Waals surface area contributed by atoms with Crippen LogP contribution in [0, 0.1) is 13.8 Å². The van der Waals surface area contributed by atoms with E-state index in [0.717, 1.165) is 71.1 Å². The molecule has 0 bridgehead atoms. The molecular weight excluding hydrogens is 601 g/mol. The van der Waals surface area contributed by atoms with Crippen LogP contribution in [-0.2, 0) is 19.3 Å². The van der Waals surface area contributed by atoms with E-state index in [9.17, 15) is 0 Å². The second-order valence-corrected chi connectivity index (χ2v) is 13.4. The number of rotatable bonds is 10. The van der Waals surface area contributed by atoms with Crippen LogP contribution >= 0.6 is 0 Å². The maximum absolute atomic E-state index is 6.75. The molecule has 5 nitrogen and oxygen atoms in total.